The third kappa shape index (κ3) is 2.94. The van der Waals surface area contributed by atoms with E-state index >= 15 is 0 Å². The maximum Gasteiger partial charge on any atom is 0.243 e. The summed E-state index contributed by atoms with van der Waals surface area (Å²) in [5.41, 5.74) is 6.11. The summed E-state index contributed by atoms with van der Waals surface area (Å²) in [5, 5.41) is 4.33. The van der Waals surface area contributed by atoms with Gasteiger partial charge in [-0.05, 0) is 37.6 Å². The van der Waals surface area contributed by atoms with Crippen molar-refractivity contribution in [3.63, 3.8) is 0 Å². The molecular formula is C20H21N3O2S. The van der Waals surface area contributed by atoms with Gasteiger partial charge in [0.2, 0.25) is 11.8 Å². The Balaban J connectivity index is 1.70. The first-order chi connectivity index (χ1) is 12.6. The summed E-state index contributed by atoms with van der Waals surface area (Å²) < 4.78 is 5.99. The Labute approximate surface area is 156 Å². The molecule has 26 heavy (non-hydrogen) atoms. The Morgan fingerprint density at radius 1 is 1.27 bits per heavy atom. The average molecular weight is 367 g/mol. The lowest BCUT2D eigenvalue weighted by atomic mass is 9.82. The van der Waals surface area contributed by atoms with Gasteiger partial charge in [0.05, 0.1) is 10.6 Å². The topological polar surface area (TPSA) is 67.5 Å². The number of hydrogen-bond acceptors (Lipinski definition) is 5. The Bertz CT molecular complexity index is 1000. The van der Waals surface area contributed by atoms with Gasteiger partial charge in [-0.3, -0.25) is 4.79 Å². The summed E-state index contributed by atoms with van der Waals surface area (Å²) in [4.78, 5) is 18.9. The SMILES string of the molecule is CCCC1C(=O)NN=C(c2ccc3nc(-c4ccc(C)s4)oc3c2)C1C. The number of thiophene rings is 1. The van der Waals surface area contributed by atoms with Crippen LogP contribution in [0.5, 0.6) is 0 Å². The molecule has 2 unspecified atom stereocenters. The van der Waals surface area contributed by atoms with Crippen LogP contribution in [-0.2, 0) is 4.79 Å². The molecular weight excluding hydrogens is 346 g/mol. The lowest BCUT2D eigenvalue weighted by Crippen LogP contribution is -2.40. The second kappa shape index (κ2) is 6.68. The third-order valence-corrected chi connectivity index (χ3v) is 5.88. The maximum atomic E-state index is 12.1. The minimum absolute atomic E-state index is 0.0131. The monoisotopic (exact) mass is 367 g/mol. The standard InChI is InChI=1S/C20H21N3O2S/c1-4-5-14-12(3)18(22-23-19(14)24)13-7-8-15-16(10-13)25-20(21-15)17-9-6-11(2)26-17/h6-10,12,14H,4-5H2,1-3H3,(H,23,24). The molecule has 134 valence electrons. The number of nitrogens with zero attached hydrogens (tertiary/aromatic N) is 2. The molecule has 2 atom stereocenters. The van der Waals surface area contributed by atoms with Crippen LogP contribution in [0.25, 0.3) is 21.9 Å². The fourth-order valence-electron chi connectivity index (χ4n) is 3.48. The first kappa shape index (κ1) is 17.0. The summed E-state index contributed by atoms with van der Waals surface area (Å²) in [7, 11) is 0. The molecule has 0 fully saturated rings. The minimum Gasteiger partial charge on any atom is -0.435 e. The van der Waals surface area contributed by atoms with Crippen molar-refractivity contribution in [3.05, 3.63) is 40.8 Å². The molecule has 0 spiro atoms. The summed E-state index contributed by atoms with van der Waals surface area (Å²) in [6.07, 6.45) is 1.83. The van der Waals surface area contributed by atoms with Crippen LogP contribution in [0.15, 0.2) is 39.9 Å². The van der Waals surface area contributed by atoms with Gasteiger partial charge in [0.1, 0.15) is 5.52 Å². The van der Waals surface area contributed by atoms with E-state index in [4.69, 9.17) is 4.42 Å². The Morgan fingerprint density at radius 2 is 2.12 bits per heavy atom. The van der Waals surface area contributed by atoms with Crippen LogP contribution < -0.4 is 5.43 Å². The molecule has 4 rings (SSSR count). The van der Waals surface area contributed by atoms with Crippen molar-refractivity contribution < 1.29 is 9.21 Å². The van der Waals surface area contributed by atoms with Gasteiger partial charge in [0.25, 0.3) is 0 Å². The van der Waals surface area contributed by atoms with Gasteiger partial charge in [-0.15, -0.1) is 11.3 Å². The van der Waals surface area contributed by atoms with Crippen LogP contribution in [0.2, 0.25) is 0 Å². The van der Waals surface area contributed by atoms with Gasteiger partial charge in [0, 0.05) is 22.3 Å². The van der Waals surface area contributed by atoms with E-state index in [1.807, 2.05) is 24.3 Å². The average Bonchev–Trinajstić information content (AvgIpc) is 3.24. The van der Waals surface area contributed by atoms with Crippen LogP contribution in [0.1, 0.15) is 37.1 Å². The molecule has 6 heteroatoms. The molecule has 1 aliphatic rings. The van der Waals surface area contributed by atoms with E-state index in [9.17, 15) is 4.79 Å². The number of nitrogens with one attached hydrogen (secondary N) is 1. The van der Waals surface area contributed by atoms with Gasteiger partial charge in [-0.2, -0.15) is 5.10 Å². The lowest BCUT2D eigenvalue weighted by Gasteiger charge is -2.27. The number of benzene rings is 1. The number of hydrazone groups is 1. The number of fused-ring (bicyclic) bond motifs is 1. The van der Waals surface area contributed by atoms with Gasteiger partial charge < -0.3 is 4.42 Å². The van der Waals surface area contributed by atoms with Crippen molar-refractivity contribution in [2.24, 2.45) is 16.9 Å². The van der Waals surface area contributed by atoms with Crippen LogP contribution >= 0.6 is 11.3 Å². The highest BCUT2D eigenvalue weighted by Crippen LogP contribution is 2.31. The third-order valence-electron chi connectivity index (χ3n) is 4.89. The fourth-order valence-corrected chi connectivity index (χ4v) is 4.27. The molecule has 1 N–H and O–H groups in total. The summed E-state index contributed by atoms with van der Waals surface area (Å²) >= 11 is 1.67. The maximum absolute atomic E-state index is 12.1. The molecule has 2 aromatic heterocycles. The zero-order valence-electron chi connectivity index (χ0n) is 15.1. The smallest absolute Gasteiger partial charge is 0.243 e. The number of aromatic nitrogens is 1. The second-order valence-corrected chi connectivity index (χ2v) is 8.06. The van der Waals surface area contributed by atoms with E-state index in [1.54, 1.807) is 11.3 Å². The zero-order valence-corrected chi connectivity index (χ0v) is 15.9. The number of hydrogen-bond donors (Lipinski definition) is 1. The van der Waals surface area contributed by atoms with E-state index in [1.165, 1.54) is 4.88 Å². The lowest BCUT2D eigenvalue weighted by molar-refractivity contribution is -0.126. The molecule has 1 aromatic carbocycles. The molecule has 3 aromatic rings. The number of carbonyl (C=O) groups excluding carboxylic acids is 1. The number of carbonyl (C=O) groups is 1. The highest BCUT2D eigenvalue weighted by Gasteiger charge is 2.32. The van der Waals surface area contributed by atoms with Crippen molar-refractivity contribution >= 4 is 34.1 Å². The fraction of sp³-hybridized carbons (Fsp3) is 0.350. The van der Waals surface area contributed by atoms with Crippen molar-refractivity contribution in [2.45, 2.75) is 33.6 Å². The zero-order chi connectivity index (χ0) is 18.3. The molecule has 0 saturated carbocycles. The van der Waals surface area contributed by atoms with Gasteiger partial charge in [-0.25, -0.2) is 10.4 Å². The van der Waals surface area contributed by atoms with Crippen molar-refractivity contribution in [1.29, 1.82) is 0 Å². The first-order valence-corrected chi connectivity index (χ1v) is 9.73. The Morgan fingerprint density at radius 3 is 2.85 bits per heavy atom. The minimum atomic E-state index is -0.0393. The molecule has 1 aliphatic heterocycles. The van der Waals surface area contributed by atoms with E-state index < -0.39 is 0 Å². The number of aryl methyl sites for hydroxylation is 1. The summed E-state index contributed by atoms with van der Waals surface area (Å²) in [6, 6.07) is 10.0. The number of rotatable bonds is 4. The van der Waals surface area contributed by atoms with E-state index in [0.717, 1.165) is 40.1 Å². The van der Waals surface area contributed by atoms with Crippen LogP contribution in [-0.4, -0.2) is 16.6 Å². The van der Waals surface area contributed by atoms with Gasteiger partial charge in [0.15, 0.2) is 5.58 Å². The molecule has 3 heterocycles. The molecule has 0 aliphatic carbocycles. The van der Waals surface area contributed by atoms with E-state index in [-0.39, 0.29) is 17.7 Å². The van der Waals surface area contributed by atoms with Crippen LogP contribution in [0.4, 0.5) is 0 Å². The van der Waals surface area contributed by atoms with Crippen molar-refractivity contribution in [1.82, 2.24) is 10.4 Å². The molecule has 0 bridgehead atoms. The summed E-state index contributed by atoms with van der Waals surface area (Å²) in [5.74, 6) is 0.691. The molecule has 5 nitrogen and oxygen atoms in total. The van der Waals surface area contributed by atoms with Gasteiger partial charge in [-0.1, -0.05) is 26.3 Å². The van der Waals surface area contributed by atoms with Crippen molar-refractivity contribution in [2.75, 3.05) is 0 Å². The second-order valence-electron chi connectivity index (χ2n) is 6.77. The predicted molar refractivity (Wildman–Crippen MR) is 104 cm³/mol. The molecule has 0 saturated heterocycles. The highest BCUT2D eigenvalue weighted by atomic mass is 32.1. The Hall–Kier alpha value is -2.47. The molecule has 0 radical (unpaired) electrons. The quantitative estimate of drug-likeness (QED) is 0.723. The number of amides is 1. The van der Waals surface area contributed by atoms with Crippen molar-refractivity contribution in [3.8, 4) is 10.8 Å². The van der Waals surface area contributed by atoms with Crippen LogP contribution in [0.3, 0.4) is 0 Å². The molecule has 1 amide bonds. The van der Waals surface area contributed by atoms with E-state index in [0.29, 0.717) is 5.89 Å². The predicted octanol–water partition coefficient (Wildman–Crippen LogP) is 4.75. The number of oxazole rings is 1. The van der Waals surface area contributed by atoms with Gasteiger partial charge >= 0.3 is 0 Å². The van der Waals surface area contributed by atoms with E-state index in [2.05, 4.69) is 42.3 Å². The summed E-state index contributed by atoms with van der Waals surface area (Å²) in [6.45, 7) is 6.24. The largest absolute Gasteiger partial charge is 0.435 e. The Kier molecular flexibility index (Phi) is 4.36. The highest BCUT2D eigenvalue weighted by molar-refractivity contribution is 7.15. The normalized spacial score (nSPS) is 20.3. The first-order valence-electron chi connectivity index (χ1n) is 8.92. The van der Waals surface area contributed by atoms with Crippen LogP contribution in [0, 0.1) is 18.8 Å².